The van der Waals surface area contributed by atoms with Crippen molar-refractivity contribution in [2.24, 2.45) is 5.92 Å². The molecule has 1 saturated carbocycles. The van der Waals surface area contributed by atoms with Gasteiger partial charge in [-0.1, -0.05) is 24.3 Å². The Morgan fingerprint density at radius 2 is 1.65 bits per heavy atom. The van der Waals surface area contributed by atoms with Crippen LogP contribution in [0, 0.1) is 11.7 Å². The fourth-order valence-corrected chi connectivity index (χ4v) is 8.03. The van der Waals surface area contributed by atoms with Gasteiger partial charge in [-0.15, -0.1) is 0 Å². The van der Waals surface area contributed by atoms with E-state index in [9.17, 15) is 23.6 Å². The van der Waals surface area contributed by atoms with Crippen LogP contribution >= 0.6 is 0 Å². The number of amides is 3. The number of rotatable bonds is 7. The van der Waals surface area contributed by atoms with Crippen LogP contribution in [0.3, 0.4) is 0 Å². The highest BCUT2D eigenvalue weighted by molar-refractivity contribution is 5.95. The Kier molecular flexibility index (Phi) is 9.86. The number of carbonyl (C=O) groups is 3. The first-order valence-electron chi connectivity index (χ1n) is 18.1. The van der Waals surface area contributed by atoms with Crippen molar-refractivity contribution in [3.05, 3.63) is 75.5 Å². The number of likely N-dealkylation sites (tertiary alicyclic amines) is 2. The van der Waals surface area contributed by atoms with Gasteiger partial charge >= 0.3 is 6.09 Å². The number of piperidine rings is 2. The van der Waals surface area contributed by atoms with Crippen LogP contribution in [0.5, 0.6) is 0 Å². The van der Waals surface area contributed by atoms with Crippen molar-refractivity contribution < 1.29 is 28.2 Å². The molecule has 1 aliphatic carbocycles. The molecule has 1 aromatic heterocycles. The first-order valence-corrected chi connectivity index (χ1v) is 18.1. The summed E-state index contributed by atoms with van der Waals surface area (Å²) in [7, 11) is 0. The van der Waals surface area contributed by atoms with Gasteiger partial charge in [0, 0.05) is 69.6 Å². The third-order valence-electron chi connectivity index (χ3n) is 10.7. The Hall–Kier alpha value is -4.36. The second-order valence-corrected chi connectivity index (χ2v) is 15.4. The van der Waals surface area contributed by atoms with Gasteiger partial charge in [-0.3, -0.25) is 19.3 Å². The van der Waals surface area contributed by atoms with Crippen molar-refractivity contribution in [1.82, 2.24) is 29.8 Å². The molecule has 3 aliphatic heterocycles. The number of hydrogen-bond donors (Lipinski definition) is 1. The Bertz CT molecular complexity index is 1840. The number of ether oxygens (including phenoxy) is 2. The zero-order chi connectivity index (χ0) is 35.9. The molecule has 3 saturated heterocycles. The summed E-state index contributed by atoms with van der Waals surface area (Å²) in [5.41, 5.74) is 0.534. The molecule has 2 aromatic carbocycles. The van der Waals surface area contributed by atoms with Crippen LogP contribution in [-0.4, -0.2) is 124 Å². The van der Waals surface area contributed by atoms with Crippen LogP contribution in [0.25, 0.3) is 10.8 Å². The van der Waals surface area contributed by atoms with Gasteiger partial charge in [0.25, 0.3) is 11.5 Å². The molecule has 12 nitrogen and oxygen atoms in total. The first-order chi connectivity index (χ1) is 24.4. The summed E-state index contributed by atoms with van der Waals surface area (Å²) >= 11 is 0. The number of halogens is 1. The summed E-state index contributed by atoms with van der Waals surface area (Å²) in [6.07, 6.45) is 3.93. The fourth-order valence-electron chi connectivity index (χ4n) is 8.03. The maximum atomic E-state index is 15.0. The van der Waals surface area contributed by atoms with Gasteiger partial charge < -0.3 is 24.2 Å². The summed E-state index contributed by atoms with van der Waals surface area (Å²) in [5, 5.41) is 7.97. The van der Waals surface area contributed by atoms with Gasteiger partial charge in [0.1, 0.15) is 11.4 Å². The smallest absolute Gasteiger partial charge is 0.410 e. The second kappa shape index (κ2) is 14.3. The third-order valence-corrected chi connectivity index (χ3v) is 10.7. The third kappa shape index (κ3) is 7.79. The molecule has 1 N–H and O–H groups in total. The second-order valence-electron chi connectivity index (χ2n) is 15.4. The summed E-state index contributed by atoms with van der Waals surface area (Å²) in [6, 6.07) is 11.8. The first kappa shape index (κ1) is 35.1. The highest BCUT2D eigenvalue weighted by atomic mass is 19.1. The fraction of sp³-hybridized carbons (Fsp3) is 0.553. The Labute approximate surface area is 296 Å². The van der Waals surface area contributed by atoms with Crippen molar-refractivity contribution in [3.8, 4) is 0 Å². The molecule has 3 atom stereocenters. The van der Waals surface area contributed by atoms with Gasteiger partial charge in [-0.05, 0) is 70.2 Å². The maximum Gasteiger partial charge on any atom is 0.410 e. The predicted molar refractivity (Wildman–Crippen MR) is 188 cm³/mol. The number of hydrogen-bond acceptors (Lipinski definition) is 8. The van der Waals surface area contributed by atoms with E-state index in [0.29, 0.717) is 73.6 Å². The van der Waals surface area contributed by atoms with E-state index in [1.54, 1.807) is 34.1 Å². The minimum Gasteiger partial charge on any atom is -0.444 e. The van der Waals surface area contributed by atoms with Crippen LogP contribution in [0.4, 0.5) is 9.18 Å². The Morgan fingerprint density at radius 1 is 0.941 bits per heavy atom. The van der Waals surface area contributed by atoms with Gasteiger partial charge in [0.15, 0.2) is 0 Å². The summed E-state index contributed by atoms with van der Waals surface area (Å²) in [5.74, 6) is -0.632. The number of piperazine rings is 1. The molecule has 4 aliphatic rings. The summed E-state index contributed by atoms with van der Waals surface area (Å²) in [6.45, 7) is 9.66. The topological polar surface area (TPSA) is 128 Å². The molecular formula is C38H47FN6O6. The number of aromatic nitrogens is 2. The number of H-pyrrole nitrogens is 1. The normalized spacial score (nSPS) is 22.9. The molecule has 51 heavy (non-hydrogen) atoms. The molecule has 272 valence electrons. The van der Waals surface area contributed by atoms with E-state index in [1.807, 2.05) is 37.8 Å². The lowest BCUT2D eigenvalue weighted by molar-refractivity contribution is -0.135. The zero-order valence-electron chi connectivity index (χ0n) is 29.6. The monoisotopic (exact) mass is 702 g/mol. The highest BCUT2D eigenvalue weighted by Gasteiger charge is 2.49. The van der Waals surface area contributed by atoms with E-state index < -0.39 is 17.3 Å². The average molecular weight is 703 g/mol. The van der Waals surface area contributed by atoms with Crippen LogP contribution in [0.15, 0.2) is 47.3 Å². The molecule has 4 heterocycles. The molecule has 7 rings (SSSR count). The van der Waals surface area contributed by atoms with Crippen LogP contribution in [0.2, 0.25) is 0 Å². The summed E-state index contributed by atoms with van der Waals surface area (Å²) < 4.78 is 27.1. The van der Waals surface area contributed by atoms with E-state index in [1.165, 1.54) is 6.07 Å². The Balaban J connectivity index is 0.854. The van der Waals surface area contributed by atoms with E-state index in [-0.39, 0.29) is 41.4 Å². The lowest BCUT2D eigenvalue weighted by Gasteiger charge is -2.38. The molecule has 3 aromatic rings. The summed E-state index contributed by atoms with van der Waals surface area (Å²) in [4.78, 5) is 58.9. The molecule has 4 fully saturated rings. The Morgan fingerprint density at radius 3 is 2.33 bits per heavy atom. The predicted octanol–water partition coefficient (Wildman–Crippen LogP) is 3.82. The highest BCUT2D eigenvalue weighted by Crippen LogP contribution is 2.41. The van der Waals surface area contributed by atoms with E-state index in [2.05, 4.69) is 15.1 Å². The number of nitrogens with one attached hydrogen (secondary N) is 1. The largest absolute Gasteiger partial charge is 0.444 e. The van der Waals surface area contributed by atoms with E-state index in [4.69, 9.17) is 9.47 Å². The number of nitrogens with zero attached hydrogens (tertiary/aromatic N) is 5. The lowest BCUT2D eigenvalue weighted by Crippen LogP contribution is -2.53. The average Bonchev–Trinajstić information content (AvgIpc) is 3.71. The molecule has 1 unspecified atom stereocenters. The SMILES string of the molecule is CC(C)(C)OC(=O)N1CC2C[C@H]1C[C@@H]2OC1CCN(CC(=O)N2CCN(C(=O)c3cc(Cc4n[nH]c(=O)c5ccccc45)ccc3F)CC2)CC1. The van der Waals surface area contributed by atoms with E-state index in [0.717, 1.165) is 38.8 Å². The van der Waals surface area contributed by atoms with Gasteiger partial charge in [-0.2, -0.15) is 5.10 Å². The quantitative estimate of drug-likeness (QED) is 0.394. The van der Waals surface area contributed by atoms with Crippen molar-refractivity contribution >= 4 is 28.7 Å². The van der Waals surface area contributed by atoms with Crippen molar-refractivity contribution in [1.29, 1.82) is 0 Å². The van der Waals surface area contributed by atoms with Crippen LogP contribution < -0.4 is 5.56 Å². The van der Waals surface area contributed by atoms with Crippen molar-refractivity contribution in [2.75, 3.05) is 52.4 Å². The molecule has 3 amide bonds. The zero-order valence-corrected chi connectivity index (χ0v) is 29.6. The van der Waals surface area contributed by atoms with Crippen molar-refractivity contribution in [2.45, 2.75) is 76.7 Å². The lowest BCUT2D eigenvalue weighted by atomic mass is 10.0. The minimum absolute atomic E-state index is 0.0168. The maximum absolute atomic E-state index is 15.0. The molecule has 0 spiro atoms. The van der Waals surface area contributed by atoms with E-state index >= 15 is 0 Å². The van der Waals surface area contributed by atoms with Gasteiger partial charge in [-0.25, -0.2) is 14.3 Å². The molecule has 13 heteroatoms. The molecular weight excluding hydrogens is 655 g/mol. The van der Waals surface area contributed by atoms with Crippen molar-refractivity contribution in [3.63, 3.8) is 0 Å². The number of fused-ring (bicyclic) bond motifs is 3. The number of benzene rings is 2. The number of aromatic amines is 1. The minimum atomic E-state index is -0.600. The molecule has 2 bridgehead atoms. The van der Waals surface area contributed by atoms with Gasteiger partial charge in [0.05, 0.1) is 35.4 Å². The standard InChI is InChI=1S/C38H47FN6O6/c1-38(2,3)51-37(49)45-22-25-20-26(45)21-33(25)50-27-10-12-42(13-11-27)23-34(46)43-14-16-44(17-15-43)36(48)30-18-24(8-9-31(30)39)19-32-28-6-4-5-7-29(28)35(47)41-40-32/h4-9,18,25-27,33H,10-17,19-23H2,1-3H3,(H,41,47)/t25?,26-,33-/m0/s1. The van der Waals surface area contributed by atoms with Gasteiger partial charge in [0.2, 0.25) is 5.91 Å². The molecule has 0 radical (unpaired) electrons. The van der Waals surface area contributed by atoms with Crippen LogP contribution in [0.1, 0.15) is 68.1 Å². The number of carbonyl (C=O) groups excluding carboxylic acids is 3. The van der Waals surface area contributed by atoms with Crippen LogP contribution in [-0.2, 0) is 20.7 Å².